The second-order valence-corrected chi connectivity index (χ2v) is 9.41. The molecule has 7 rings (SSSR count). The molecule has 0 radical (unpaired) electrons. The maximum Gasteiger partial charge on any atom is 0.139 e. The number of hydrogen-bond acceptors (Lipinski definition) is 1. The topological polar surface area (TPSA) is 13.1 Å². The summed E-state index contributed by atoms with van der Waals surface area (Å²) in [7, 11) is 0. The van der Waals surface area contributed by atoms with Gasteiger partial charge in [-0.05, 0) is 59.9 Å². The highest BCUT2D eigenvalue weighted by molar-refractivity contribution is 6.09. The predicted molar refractivity (Wildman–Crippen MR) is 130 cm³/mol. The first-order valence-electron chi connectivity index (χ1n) is 11.4. The minimum atomic E-state index is -0.338. The predicted octanol–water partition coefficient (Wildman–Crippen LogP) is 8.61. The molecule has 6 aromatic rings. The molecular formula is C30H19F3O. The van der Waals surface area contributed by atoms with Gasteiger partial charge in [-0.25, -0.2) is 13.2 Å². The molecule has 0 aliphatic heterocycles. The molecule has 1 aliphatic carbocycles. The van der Waals surface area contributed by atoms with Crippen LogP contribution in [0.15, 0.2) is 65.1 Å². The van der Waals surface area contributed by atoms with E-state index in [9.17, 15) is 8.78 Å². The Morgan fingerprint density at radius 2 is 1.35 bits per heavy atom. The molecule has 1 aromatic heterocycles. The highest BCUT2D eigenvalue weighted by atomic mass is 19.1. The number of fused-ring (bicyclic) bond motifs is 8. The zero-order valence-electron chi connectivity index (χ0n) is 18.6. The van der Waals surface area contributed by atoms with Crippen LogP contribution in [-0.4, -0.2) is 0 Å². The number of rotatable bonds is 2. The Labute approximate surface area is 193 Å². The molecule has 5 aromatic carbocycles. The van der Waals surface area contributed by atoms with Crippen molar-refractivity contribution in [2.24, 2.45) is 0 Å². The van der Waals surface area contributed by atoms with E-state index >= 15 is 4.39 Å². The lowest BCUT2D eigenvalue weighted by Gasteiger charge is -2.10. The summed E-state index contributed by atoms with van der Waals surface area (Å²) in [6.07, 6.45) is 0.351. The van der Waals surface area contributed by atoms with Gasteiger partial charge in [0.25, 0.3) is 0 Å². The summed E-state index contributed by atoms with van der Waals surface area (Å²) in [5.74, 6) is -1.10. The minimum absolute atomic E-state index is 0.216. The zero-order valence-corrected chi connectivity index (χ0v) is 18.6. The van der Waals surface area contributed by atoms with Crippen LogP contribution >= 0.6 is 0 Å². The van der Waals surface area contributed by atoms with E-state index in [0.717, 1.165) is 27.5 Å². The number of hydrogen-bond donors (Lipinski definition) is 0. The van der Waals surface area contributed by atoms with Crippen LogP contribution in [-0.2, 0) is 6.42 Å². The van der Waals surface area contributed by atoms with E-state index in [1.54, 1.807) is 31.2 Å². The molecule has 0 saturated heterocycles. The fourth-order valence-corrected chi connectivity index (χ4v) is 5.50. The summed E-state index contributed by atoms with van der Waals surface area (Å²) < 4.78 is 51.2. The minimum Gasteiger partial charge on any atom is -0.456 e. The van der Waals surface area contributed by atoms with Crippen molar-refractivity contribution in [1.29, 1.82) is 0 Å². The lowest BCUT2D eigenvalue weighted by atomic mass is 9.96. The summed E-state index contributed by atoms with van der Waals surface area (Å²) in [4.78, 5) is 0. The first-order valence-corrected chi connectivity index (χ1v) is 11.4. The van der Waals surface area contributed by atoms with Gasteiger partial charge in [0.05, 0.1) is 0 Å². The third kappa shape index (κ3) is 2.57. The molecule has 0 saturated carbocycles. The van der Waals surface area contributed by atoms with Crippen molar-refractivity contribution in [1.82, 2.24) is 0 Å². The average Bonchev–Trinajstić information content (AvgIpc) is 3.43. The van der Waals surface area contributed by atoms with Gasteiger partial charge in [0.1, 0.15) is 28.6 Å². The van der Waals surface area contributed by atoms with Gasteiger partial charge in [-0.3, -0.25) is 0 Å². The Morgan fingerprint density at radius 1 is 0.676 bits per heavy atom. The van der Waals surface area contributed by atoms with E-state index < -0.39 is 0 Å². The molecular weight excluding hydrogens is 433 g/mol. The van der Waals surface area contributed by atoms with Crippen molar-refractivity contribution in [3.63, 3.8) is 0 Å². The number of aryl methyl sites for hydroxylation is 2. The Hall–Kier alpha value is -3.79. The van der Waals surface area contributed by atoms with Crippen molar-refractivity contribution in [3.05, 3.63) is 106 Å². The molecule has 1 nitrogen and oxygen atoms in total. The van der Waals surface area contributed by atoms with Crippen LogP contribution in [0.3, 0.4) is 0 Å². The zero-order chi connectivity index (χ0) is 23.3. The van der Waals surface area contributed by atoms with E-state index in [4.69, 9.17) is 4.42 Å². The van der Waals surface area contributed by atoms with Crippen LogP contribution in [0.5, 0.6) is 0 Å². The second-order valence-electron chi connectivity index (χ2n) is 9.41. The summed E-state index contributed by atoms with van der Waals surface area (Å²) in [6.45, 7) is 3.71. The smallest absolute Gasteiger partial charge is 0.139 e. The van der Waals surface area contributed by atoms with Gasteiger partial charge < -0.3 is 4.42 Å². The lowest BCUT2D eigenvalue weighted by molar-refractivity contribution is 0.610. The van der Waals surface area contributed by atoms with E-state index in [0.29, 0.717) is 50.2 Å². The van der Waals surface area contributed by atoms with Crippen molar-refractivity contribution >= 4 is 43.5 Å². The lowest BCUT2D eigenvalue weighted by Crippen LogP contribution is -1.95. The van der Waals surface area contributed by atoms with Gasteiger partial charge in [0, 0.05) is 38.6 Å². The Bertz CT molecular complexity index is 1840. The van der Waals surface area contributed by atoms with E-state index in [1.807, 2.05) is 37.3 Å². The third-order valence-corrected chi connectivity index (χ3v) is 7.32. The quantitative estimate of drug-likeness (QED) is 0.240. The van der Waals surface area contributed by atoms with Gasteiger partial charge in [-0.1, -0.05) is 48.5 Å². The molecule has 1 atom stereocenters. The molecule has 0 spiro atoms. The summed E-state index contributed by atoms with van der Waals surface area (Å²) in [5, 5.41) is 3.94. The third-order valence-electron chi connectivity index (χ3n) is 7.32. The maximum atomic E-state index is 15.6. The summed E-state index contributed by atoms with van der Waals surface area (Å²) in [6, 6.07) is 17.8. The fraction of sp³-hybridized carbons (Fsp3) is 0.133. The SMILES string of the molecule is Cc1ccc2c(c1)oc1c3c(c(F)cc12)C3Cc1ccc2c(ccc3c(F)c(C)ccc32)c1F. The van der Waals surface area contributed by atoms with Gasteiger partial charge >= 0.3 is 0 Å². The van der Waals surface area contributed by atoms with Crippen molar-refractivity contribution < 1.29 is 17.6 Å². The molecule has 4 heteroatoms. The monoisotopic (exact) mass is 452 g/mol. The standard InChI is InChI=1S/C30H19F3O/c1-14-3-6-19-22-13-24(31)26-23(27(26)30(22)34-25(19)11-14)12-16-5-8-18-17-7-4-15(2)28(32)20(17)9-10-21(18)29(16)33/h3-11,13,23H,12H2,1-2H3. The molecule has 1 aliphatic rings. The van der Waals surface area contributed by atoms with E-state index in [-0.39, 0.29) is 23.4 Å². The van der Waals surface area contributed by atoms with Gasteiger partial charge in [-0.15, -0.1) is 0 Å². The number of benzene rings is 5. The van der Waals surface area contributed by atoms with Gasteiger partial charge in [0.15, 0.2) is 0 Å². The Morgan fingerprint density at radius 3 is 2.15 bits per heavy atom. The number of halogens is 3. The van der Waals surface area contributed by atoms with Crippen LogP contribution < -0.4 is 0 Å². The van der Waals surface area contributed by atoms with E-state index in [1.165, 1.54) is 6.07 Å². The van der Waals surface area contributed by atoms with Crippen molar-refractivity contribution in [2.75, 3.05) is 0 Å². The summed E-state index contributed by atoms with van der Waals surface area (Å²) in [5.41, 5.74) is 5.02. The number of furan rings is 1. The van der Waals surface area contributed by atoms with E-state index in [2.05, 4.69) is 0 Å². The van der Waals surface area contributed by atoms with Crippen LogP contribution in [0.25, 0.3) is 43.5 Å². The van der Waals surface area contributed by atoms with Crippen LogP contribution in [0, 0.1) is 31.3 Å². The normalized spacial score (nSPS) is 15.0. The molecule has 0 N–H and O–H groups in total. The van der Waals surface area contributed by atoms with Crippen molar-refractivity contribution in [3.8, 4) is 0 Å². The van der Waals surface area contributed by atoms with Crippen molar-refractivity contribution in [2.45, 2.75) is 26.2 Å². The average molecular weight is 452 g/mol. The second kappa shape index (κ2) is 6.63. The van der Waals surface area contributed by atoms with Gasteiger partial charge in [0.2, 0.25) is 0 Å². The Kier molecular flexibility index (Phi) is 3.83. The molecule has 1 heterocycles. The molecule has 0 bridgehead atoms. The van der Waals surface area contributed by atoms with Gasteiger partial charge in [-0.2, -0.15) is 0 Å². The largest absolute Gasteiger partial charge is 0.456 e. The van der Waals surface area contributed by atoms with Crippen LogP contribution in [0.4, 0.5) is 13.2 Å². The molecule has 1 unspecified atom stereocenters. The summed E-state index contributed by atoms with van der Waals surface area (Å²) >= 11 is 0. The maximum absolute atomic E-state index is 15.6. The van der Waals surface area contributed by atoms with Crippen LogP contribution in [0.2, 0.25) is 0 Å². The highest BCUT2D eigenvalue weighted by Gasteiger charge is 2.41. The first-order chi connectivity index (χ1) is 16.4. The molecule has 0 fully saturated rings. The fourth-order valence-electron chi connectivity index (χ4n) is 5.50. The molecule has 166 valence electrons. The molecule has 0 amide bonds. The van der Waals surface area contributed by atoms with Crippen LogP contribution in [0.1, 0.15) is 33.7 Å². The molecule has 34 heavy (non-hydrogen) atoms. The highest BCUT2D eigenvalue weighted by Crippen LogP contribution is 2.53. The Balaban J connectivity index is 1.33. The first kappa shape index (κ1) is 19.7.